The zero-order chi connectivity index (χ0) is 20.9. The summed E-state index contributed by atoms with van der Waals surface area (Å²) in [5, 5.41) is -0.0343. The van der Waals surface area contributed by atoms with Crippen LogP contribution >= 0.6 is 11.6 Å². The fourth-order valence-corrected chi connectivity index (χ4v) is 4.32. The zero-order valence-electron chi connectivity index (χ0n) is 15.3. The van der Waals surface area contributed by atoms with Gasteiger partial charge in [0.15, 0.2) is 0 Å². The minimum atomic E-state index is -3.56. The molecule has 1 saturated heterocycles. The molecule has 1 aliphatic rings. The SMILES string of the molecule is O=C(OCCOc1ccc(S(=O)(=O)N2CCOCC2)cc1)c1ccc(F)cc1Cl. The monoisotopic (exact) mass is 443 g/mol. The molecule has 7 nitrogen and oxygen atoms in total. The van der Waals surface area contributed by atoms with E-state index in [1.165, 1.54) is 34.6 Å². The summed E-state index contributed by atoms with van der Waals surface area (Å²) >= 11 is 5.81. The van der Waals surface area contributed by atoms with Crippen LogP contribution in [0.3, 0.4) is 0 Å². The number of esters is 1. The Kier molecular flexibility index (Phi) is 7.07. The highest BCUT2D eigenvalue weighted by atomic mass is 35.5. The van der Waals surface area contributed by atoms with Crippen LogP contribution in [0.15, 0.2) is 47.4 Å². The van der Waals surface area contributed by atoms with Crippen LogP contribution in [-0.2, 0) is 19.5 Å². The van der Waals surface area contributed by atoms with Crippen molar-refractivity contribution in [2.24, 2.45) is 0 Å². The molecule has 156 valence electrons. The van der Waals surface area contributed by atoms with Gasteiger partial charge in [-0.3, -0.25) is 0 Å². The number of ether oxygens (including phenoxy) is 3. The molecule has 0 amide bonds. The van der Waals surface area contributed by atoms with Crippen LogP contribution in [0.25, 0.3) is 0 Å². The molecule has 0 N–H and O–H groups in total. The number of benzene rings is 2. The van der Waals surface area contributed by atoms with Gasteiger partial charge < -0.3 is 14.2 Å². The lowest BCUT2D eigenvalue weighted by atomic mass is 10.2. The minimum Gasteiger partial charge on any atom is -0.490 e. The summed E-state index contributed by atoms with van der Waals surface area (Å²) < 4.78 is 55.2. The maximum Gasteiger partial charge on any atom is 0.339 e. The predicted molar refractivity (Wildman–Crippen MR) is 103 cm³/mol. The van der Waals surface area contributed by atoms with Crippen LogP contribution in [0.2, 0.25) is 5.02 Å². The minimum absolute atomic E-state index is 0.0343. The molecule has 0 saturated carbocycles. The molecule has 1 fully saturated rings. The van der Waals surface area contributed by atoms with E-state index < -0.39 is 21.8 Å². The number of carbonyl (C=O) groups is 1. The van der Waals surface area contributed by atoms with Gasteiger partial charge in [-0.25, -0.2) is 17.6 Å². The van der Waals surface area contributed by atoms with Gasteiger partial charge in [0, 0.05) is 13.1 Å². The van der Waals surface area contributed by atoms with Crippen molar-refractivity contribution in [2.45, 2.75) is 4.90 Å². The summed E-state index contributed by atoms with van der Waals surface area (Å²) in [7, 11) is -3.56. The first-order valence-corrected chi connectivity index (χ1v) is 10.6. The number of hydrogen-bond acceptors (Lipinski definition) is 6. The van der Waals surface area contributed by atoms with E-state index in [9.17, 15) is 17.6 Å². The van der Waals surface area contributed by atoms with Gasteiger partial charge >= 0.3 is 5.97 Å². The van der Waals surface area contributed by atoms with Crippen molar-refractivity contribution in [2.75, 3.05) is 39.5 Å². The number of carbonyl (C=O) groups excluding carboxylic acids is 1. The third-order valence-corrected chi connectivity index (χ3v) is 6.39. The topological polar surface area (TPSA) is 82.1 Å². The van der Waals surface area contributed by atoms with Crippen molar-refractivity contribution in [3.8, 4) is 5.75 Å². The summed E-state index contributed by atoms with van der Waals surface area (Å²) in [6.07, 6.45) is 0. The lowest BCUT2D eigenvalue weighted by Gasteiger charge is -2.26. The van der Waals surface area contributed by atoms with Gasteiger partial charge in [-0.15, -0.1) is 0 Å². The Balaban J connectivity index is 1.49. The second-order valence-electron chi connectivity index (χ2n) is 6.10. The highest BCUT2D eigenvalue weighted by molar-refractivity contribution is 7.89. The van der Waals surface area contributed by atoms with E-state index in [1.807, 2.05) is 0 Å². The molecule has 0 atom stereocenters. The average Bonchev–Trinajstić information content (AvgIpc) is 2.72. The molecule has 0 spiro atoms. The highest BCUT2D eigenvalue weighted by Crippen LogP contribution is 2.21. The van der Waals surface area contributed by atoms with Crippen molar-refractivity contribution in [3.05, 3.63) is 58.9 Å². The second kappa shape index (κ2) is 9.53. The molecule has 0 radical (unpaired) electrons. The summed E-state index contributed by atoms with van der Waals surface area (Å²) in [6.45, 7) is 1.40. The van der Waals surface area contributed by atoms with Crippen molar-refractivity contribution in [1.82, 2.24) is 4.31 Å². The number of halogens is 2. The zero-order valence-corrected chi connectivity index (χ0v) is 16.9. The van der Waals surface area contributed by atoms with Crippen LogP contribution in [0, 0.1) is 5.82 Å². The molecule has 10 heteroatoms. The molecule has 0 unspecified atom stereocenters. The normalized spacial score (nSPS) is 15.1. The van der Waals surface area contributed by atoms with Gasteiger partial charge in [0.1, 0.15) is 24.8 Å². The summed E-state index contributed by atoms with van der Waals surface area (Å²) in [5.41, 5.74) is 0.0609. The van der Waals surface area contributed by atoms with Gasteiger partial charge in [-0.2, -0.15) is 4.31 Å². The number of morpholine rings is 1. The van der Waals surface area contributed by atoms with E-state index in [-0.39, 0.29) is 28.7 Å². The summed E-state index contributed by atoms with van der Waals surface area (Å²) in [5.74, 6) is -0.804. The van der Waals surface area contributed by atoms with Crippen LogP contribution in [0.5, 0.6) is 5.75 Å². The average molecular weight is 444 g/mol. The third kappa shape index (κ3) is 5.45. The summed E-state index contributed by atoms with van der Waals surface area (Å²) in [4.78, 5) is 12.1. The van der Waals surface area contributed by atoms with Crippen molar-refractivity contribution < 1.29 is 31.8 Å². The standard InChI is InChI=1S/C19H19ClFNO6S/c20-18-13-14(21)1-6-17(18)19(23)28-12-11-27-15-2-4-16(5-3-15)29(24,25)22-7-9-26-10-8-22/h1-6,13H,7-12H2. The van der Waals surface area contributed by atoms with Crippen LogP contribution < -0.4 is 4.74 Å². The highest BCUT2D eigenvalue weighted by Gasteiger charge is 2.26. The quantitative estimate of drug-likeness (QED) is 0.483. The molecule has 1 aliphatic heterocycles. The molecule has 0 aromatic heterocycles. The van der Waals surface area contributed by atoms with Crippen LogP contribution in [-0.4, -0.2) is 58.2 Å². The maximum absolute atomic E-state index is 13.0. The fraction of sp³-hybridized carbons (Fsp3) is 0.316. The molecule has 2 aromatic carbocycles. The molecule has 1 heterocycles. The van der Waals surface area contributed by atoms with Crippen LogP contribution in [0.1, 0.15) is 10.4 Å². The van der Waals surface area contributed by atoms with Gasteiger partial charge in [-0.1, -0.05) is 11.6 Å². The number of hydrogen-bond donors (Lipinski definition) is 0. The van der Waals surface area contributed by atoms with E-state index >= 15 is 0 Å². The predicted octanol–water partition coefficient (Wildman–Crippen LogP) is 2.74. The van der Waals surface area contributed by atoms with Gasteiger partial charge in [-0.05, 0) is 42.5 Å². The fourth-order valence-electron chi connectivity index (χ4n) is 2.67. The Labute approximate surface area is 173 Å². The Morgan fingerprint density at radius 3 is 2.45 bits per heavy atom. The Morgan fingerprint density at radius 2 is 1.79 bits per heavy atom. The van der Waals surface area contributed by atoms with Gasteiger partial charge in [0.25, 0.3) is 0 Å². The largest absolute Gasteiger partial charge is 0.490 e. The first kappa shape index (κ1) is 21.5. The Hall–Kier alpha value is -2.20. The molecule has 0 bridgehead atoms. The van der Waals surface area contributed by atoms with E-state index in [0.29, 0.717) is 32.1 Å². The van der Waals surface area contributed by atoms with Crippen molar-refractivity contribution in [3.63, 3.8) is 0 Å². The van der Waals surface area contributed by atoms with Gasteiger partial charge in [0.05, 0.1) is 28.7 Å². The lowest BCUT2D eigenvalue weighted by Crippen LogP contribution is -2.40. The van der Waals surface area contributed by atoms with Gasteiger partial charge in [0.2, 0.25) is 10.0 Å². The lowest BCUT2D eigenvalue weighted by molar-refractivity contribution is 0.0450. The van der Waals surface area contributed by atoms with E-state index in [0.717, 1.165) is 12.1 Å². The third-order valence-electron chi connectivity index (χ3n) is 4.17. The van der Waals surface area contributed by atoms with E-state index in [4.69, 9.17) is 25.8 Å². The number of rotatable bonds is 7. The number of nitrogens with zero attached hydrogens (tertiary/aromatic N) is 1. The van der Waals surface area contributed by atoms with Crippen LogP contribution in [0.4, 0.5) is 4.39 Å². The van der Waals surface area contributed by atoms with E-state index in [1.54, 1.807) is 0 Å². The second-order valence-corrected chi connectivity index (χ2v) is 8.44. The van der Waals surface area contributed by atoms with E-state index in [2.05, 4.69) is 0 Å². The van der Waals surface area contributed by atoms with Crippen molar-refractivity contribution in [1.29, 1.82) is 0 Å². The molecule has 29 heavy (non-hydrogen) atoms. The first-order chi connectivity index (χ1) is 13.9. The summed E-state index contributed by atoms with van der Waals surface area (Å²) in [6, 6.07) is 9.38. The molecular weight excluding hydrogens is 425 g/mol. The van der Waals surface area contributed by atoms with Crippen molar-refractivity contribution >= 4 is 27.6 Å². The molecular formula is C19H19ClFNO6S. The molecule has 3 rings (SSSR count). The number of sulfonamides is 1. The Morgan fingerprint density at radius 1 is 1.10 bits per heavy atom. The smallest absolute Gasteiger partial charge is 0.339 e. The molecule has 0 aliphatic carbocycles. The Bertz CT molecular complexity index is 961. The maximum atomic E-state index is 13.0. The molecule has 2 aromatic rings. The first-order valence-electron chi connectivity index (χ1n) is 8.81.